The van der Waals surface area contributed by atoms with Crippen molar-refractivity contribution in [2.75, 3.05) is 136 Å². The van der Waals surface area contributed by atoms with E-state index in [1.807, 2.05) is 0 Å². The third kappa shape index (κ3) is 21.8. The lowest BCUT2D eigenvalue weighted by Crippen LogP contribution is -2.57. The number of rotatable bonds is 30. The molecule has 48 heteroatoms. The molecule has 0 bridgehead atoms. The maximum atomic E-state index is 14.5. The van der Waals surface area contributed by atoms with Crippen LogP contribution in [0.15, 0.2) is 0 Å². The SMILES string of the molecule is CSCC[C@H](NC(=O)CNC(=O)[C@@H]1CCCN1C(=O)[C@@H]1C[C@@H](O)CN1C(=O)CNC(=O)[C@@H]1CCCN1C(=O)[C@@H]1C[C@@H](O)CN1C(=O)CNC(=O)[C@@H]1CCCN1C(=O)[C@@H]1C[C@@H](O)CN1)C(=O)N1CCC[C@H]1C(=O)NCC(=O)N1C[C@H](O)C[C@H]1C(=O)N1CCC[C@H]1C(=O)NCC(=O)N1C[C@H](O)C[C@H]1C(=O)N1CCC[C@H]1C(=O)NCC(=O)N1C[C@H](O)C[C@H]1C(=O)N1CCC[C@H]1C(=O)O. The molecule has 13 aliphatic rings. The van der Waals surface area contributed by atoms with E-state index in [0.29, 0.717) is 63.7 Å². The first-order valence-electron chi connectivity index (χ1n) is 45.2. The Morgan fingerprint density at radius 2 is 0.554 bits per heavy atom. The summed E-state index contributed by atoms with van der Waals surface area (Å²) in [6.45, 7) is -4.24. The zero-order valence-corrected chi connectivity index (χ0v) is 73.4. The second-order valence-electron chi connectivity index (χ2n) is 36.0. The van der Waals surface area contributed by atoms with Gasteiger partial charge in [-0.2, -0.15) is 11.8 Å². The van der Waals surface area contributed by atoms with E-state index in [-0.39, 0.29) is 168 Å². The van der Waals surface area contributed by atoms with Gasteiger partial charge >= 0.3 is 5.97 Å². The number of aliphatic hydroxyl groups excluding tert-OH is 6. The van der Waals surface area contributed by atoms with Gasteiger partial charge in [-0.15, -0.1) is 0 Å². The van der Waals surface area contributed by atoms with Gasteiger partial charge < -0.3 is 137 Å². The van der Waals surface area contributed by atoms with Gasteiger partial charge in [0, 0.05) is 117 Å². The summed E-state index contributed by atoms with van der Waals surface area (Å²) in [5.41, 5.74) is 0. The number of thioether (sulfide) groups is 1. The lowest BCUT2D eigenvalue weighted by Gasteiger charge is -2.32. The van der Waals surface area contributed by atoms with Crippen LogP contribution in [0.5, 0.6) is 0 Å². The number of aliphatic carboxylic acids is 1. The van der Waals surface area contributed by atoms with E-state index in [9.17, 15) is 132 Å². The summed E-state index contributed by atoms with van der Waals surface area (Å²) in [6, 6.07) is -15.7. The van der Waals surface area contributed by atoms with Gasteiger partial charge in [-0.3, -0.25) is 91.1 Å². The molecule has 0 aromatic heterocycles. The lowest BCUT2D eigenvalue weighted by atomic mass is 10.1. The van der Waals surface area contributed by atoms with E-state index in [1.165, 1.54) is 46.1 Å². The average Bonchev–Trinajstić information content (AvgIpc) is 1.66. The molecule has 13 fully saturated rings. The number of carboxylic acids is 1. The van der Waals surface area contributed by atoms with Gasteiger partial charge in [0.2, 0.25) is 112 Å². The Labute approximate surface area is 752 Å². The van der Waals surface area contributed by atoms with E-state index in [4.69, 9.17) is 0 Å². The van der Waals surface area contributed by atoms with Crippen LogP contribution in [0.3, 0.4) is 0 Å². The van der Waals surface area contributed by atoms with Crippen molar-refractivity contribution in [3.05, 3.63) is 0 Å². The molecule has 0 saturated carbocycles. The number of hydrogen-bond donors (Lipinski definition) is 15. The summed E-state index contributed by atoms with van der Waals surface area (Å²) in [5.74, 6) is -14.0. The fourth-order valence-electron chi connectivity index (χ4n) is 20.9. The predicted octanol–water partition coefficient (Wildman–Crippen LogP) is -11.5. The Bertz CT molecular complexity index is 4380. The van der Waals surface area contributed by atoms with Gasteiger partial charge in [0.15, 0.2) is 0 Å². The molecule has 13 saturated heterocycles. The number of amides is 19. The minimum Gasteiger partial charge on any atom is -0.480 e. The van der Waals surface area contributed by atoms with E-state index in [1.54, 1.807) is 6.26 Å². The van der Waals surface area contributed by atoms with Crippen molar-refractivity contribution >= 4 is 130 Å². The smallest absolute Gasteiger partial charge is 0.326 e. The molecule has 13 rings (SSSR count). The molecule has 20 atom stereocenters. The van der Waals surface area contributed by atoms with Gasteiger partial charge in [-0.05, 0) is 115 Å². The fraction of sp³-hybridized carbons (Fsp3) is 0.756. The molecular weight excluding hydrogens is 1730 g/mol. The van der Waals surface area contributed by atoms with Gasteiger partial charge in [0.05, 0.1) is 81.9 Å². The fourth-order valence-corrected chi connectivity index (χ4v) is 21.4. The summed E-state index contributed by atoms with van der Waals surface area (Å²) in [5, 5.41) is 94.3. The Morgan fingerprint density at radius 3 is 0.815 bits per heavy atom. The zero-order chi connectivity index (χ0) is 93.4. The van der Waals surface area contributed by atoms with Gasteiger partial charge in [0.1, 0.15) is 78.5 Å². The Kier molecular flexibility index (Phi) is 31.9. The highest BCUT2D eigenvalue weighted by Gasteiger charge is 2.53. The maximum absolute atomic E-state index is 14.5. The van der Waals surface area contributed by atoms with Crippen molar-refractivity contribution in [3.8, 4) is 0 Å². The van der Waals surface area contributed by atoms with Crippen LogP contribution in [0.1, 0.15) is 135 Å². The van der Waals surface area contributed by atoms with E-state index in [0.717, 1.165) is 24.5 Å². The minimum atomic E-state index is -1.30. The molecule has 0 aliphatic carbocycles. The summed E-state index contributed by atoms with van der Waals surface area (Å²) in [7, 11) is 0. The number of nitrogens with zero attached hydrogens (tertiary/aromatic N) is 12. The highest BCUT2D eigenvalue weighted by Crippen LogP contribution is 2.34. The summed E-state index contributed by atoms with van der Waals surface area (Å²) in [4.78, 5) is 291. The first-order chi connectivity index (χ1) is 62.1. The molecule has 47 nitrogen and oxygen atoms in total. The minimum absolute atomic E-state index is 0.0442. The molecule has 0 aromatic carbocycles. The van der Waals surface area contributed by atoms with Crippen molar-refractivity contribution in [1.29, 1.82) is 0 Å². The number of aliphatic hydroxyl groups is 6. The maximum Gasteiger partial charge on any atom is 0.326 e. The van der Waals surface area contributed by atoms with Crippen molar-refractivity contribution in [2.45, 2.75) is 256 Å². The largest absolute Gasteiger partial charge is 0.480 e. The van der Waals surface area contributed by atoms with E-state index < -0.39 is 273 Å². The first-order valence-corrected chi connectivity index (χ1v) is 46.6. The van der Waals surface area contributed by atoms with E-state index >= 15 is 0 Å². The van der Waals surface area contributed by atoms with Crippen LogP contribution in [-0.2, 0) is 95.9 Å². The average molecular weight is 1850 g/mol. The van der Waals surface area contributed by atoms with Crippen LogP contribution in [0.4, 0.5) is 0 Å². The van der Waals surface area contributed by atoms with Gasteiger partial charge in [-0.1, -0.05) is 0 Å². The third-order valence-electron chi connectivity index (χ3n) is 27.4. The number of nitrogens with one attached hydrogen (secondary N) is 8. The monoisotopic (exact) mass is 1850 g/mol. The molecule has 13 aliphatic heterocycles. The summed E-state index contributed by atoms with van der Waals surface area (Å²) < 4.78 is 0. The molecular formula is C82H120N20O27S. The quantitative estimate of drug-likeness (QED) is 0.0318. The van der Waals surface area contributed by atoms with E-state index in [2.05, 4.69) is 42.5 Å². The van der Waals surface area contributed by atoms with Crippen molar-refractivity contribution in [2.24, 2.45) is 0 Å². The number of carbonyl (C=O) groups is 20. The molecule has 19 amide bonds. The van der Waals surface area contributed by atoms with Crippen LogP contribution in [0.2, 0.25) is 0 Å². The Balaban J connectivity index is 0.536. The van der Waals surface area contributed by atoms with Gasteiger partial charge in [-0.25, -0.2) is 4.79 Å². The molecule has 0 spiro atoms. The number of β-amino-alcohol motifs (C(OH)–C–C–N with tert-alkyl or cyclic N) is 6. The zero-order valence-electron chi connectivity index (χ0n) is 72.6. The second kappa shape index (κ2) is 42.8. The summed E-state index contributed by atoms with van der Waals surface area (Å²) >= 11 is 1.36. The molecule has 0 unspecified atom stereocenters. The topological polar surface area (TPSA) is 618 Å². The molecule has 716 valence electrons. The standard InChI is InChI=1S/C82H120N20O27S/c1-130-24-16-49(90-63(109)32-84-69(115)53-11-4-19-93(53)77(123)58-26-44(104)38-98(58)66(112)35-87-72(118)54-12-6-21-95(54)79(125)60-28-46(106)40-100(60)65(111)34-86-71(117)52-10-3-18-92(52)76(122)50-25-43(103)31-83-50)75(121)91-17-2-9-51(91)70(116)85-33-64(110)99-39-45(105)27-59(99)78(124)94-20-5-13-55(94)73(119)88-36-67(113)101-41-47(107)29-61(101)80(126)96-22-7-14-56(96)74(120)89-37-68(114)102-42-48(108)30-62(102)81(127)97-23-8-15-57(97)82(128)129/h43-62,83,103-108H,2-42H2,1H3,(H,84,115)(H,85,116)(H,86,117)(H,87,118)(H,88,119)(H,89,120)(H,90,109)(H,128,129)/t43-,44-,45-,46-,47-,48-,49+,50+,51+,52+,53+,54+,55+,56+,57+,58+,59+,60+,61+,62+/m1/s1. The summed E-state index contributed by atoms with van der Waals surface area (Å²) in [6.07, 6.45) is -1.30. The molecule has 13 heterocycles. The first kappa shape index (κ1) is 97.0. The van der Waals surface area contributed by atoms with Crippen LogP contribution in [0, 0.1) is 0 Å². The van der Waals surface area contributed by atoms with Crippen molar-refractivity contribution in [1.82, 2.24) is 101 Å². The highest BCUT2D eigenvalue weighted by atomic mass is 32.2. The predicted molar refractivity (Wildman–Crippen MR) is 447 cm³/mol. The normalized spacial score (nSPS) is 30.3. The molecule has 0 radical (unpaired) electrons. The Hall–Kier alpha value is -10.5. The number of carbonyl (C=O) groups excluding carboxylic acids is 19. The van der Waals surface area contributed by atoms with Crippen LogP contribution >= 0.6 is 11.8 Å². The molecule has 0 aromatic rings. The van der Waals surface area contributed by atoms with Crippen LogP contribution < -0.4 is 42.5 Å². The van der Waals surface area contributed by atoms with Gasteiger partial charge in [0.25, 0.3) is 0 Å². The van der Waals surface area contributed by atoms with Crippen LogP contribution in [-0.4, -0.2) is 470 Å². The Morgan fingerprint density at radius 1 is 0.308 bits per heavy atom. The lowest BCUT2D eigenvalue weighted by molar-refractivity contribution is -0.151. The molecule has 15 N–H and O–H groups in total. The number of likely N-dealkylation sites (tertiary alicyclic amines) is 12. The van der Waals surface area contributed by atoms with Crippen LogP contribution in [0.25, 0.3) is 0 Å². The highest BCUT2D eigenvalue weighted by molar-refractivity contribution is 7.98. The van der Waals surface area contributed by atoms with Crippen molar-refractivity contribution < 1.29 is 132 Å². The molecule has 130 heavy (non-hydrogen) atoms. The van der Waals surface area contributed by atoms with Crippen molar-refractivity contribution in [3.63, 3.8) is 0 Å². The number of hydrogen-bond acceptors (Lipinski definition) is 28. The second-order valence-corrected chi connectivity index (χ2v) is 37.0. The third-order valence-corrected chi connectivity index (χ3v) is 28.1. The number of carboxylic acid groups (broad SMARTS) is 1.